The zero-order valence-electron chi connectivity index (χ0n) is 21.5. The Labute approximate surface area is 221 Å². The van der Waals surface area contributed by atoms with Crippen LogP contribution < -0.4 is 14.4 Å². The van der Waals surface area contributed by atoms with Crippen molar-refractivity contribution < 1.29 is 23.8 Å². The fraction of sp³-hybridized carbons (Fsp3) is 0.321. The van der Waals surface area contributed by atoms with Gasteiger partial charge in [-0.1, -0.05) is 12.1 Å². The molecule has 0 radical (unpaired) electrons. The maximum Gasteiger partial charge on any atom is 0.338 e. The van der Waals surface area contributed by atoms with Crippen molar-refractivity contribution in [1.29, 1.82) is 0 Å². The summed E-state index contributed by atoms with van der Waals surface area (Å²) in [6.45, 7) is 5.50. The van der Waals surface area contributed by atoms with Gasteiger partial charge in [-0.05, 0) is 67.3 Å². The van der Waals surface area contributed by atoms with Gasteiger partial charge >= 0.3 is 5.97 Å². The van der Waals surface area contributed by atoms with E-state index in [1.807, 2.05) is 47.8 Å². The molecule has 0 aliphatic carbocycles. The minimum absolute atomic E-state index is 0.364. The summed E-state index contributed by atoms with van der Waals surface area (Å²) in [7, 11) is 3.15. The summed E-state index contributed by atoms with van der Waals surface area (Å²) < 4.78 is 16.2. The van der Waals surface area contributed by atoms with Gasteiger partial charge < -0.3 is 19.1 Å². The van der Waals surface area contributed by atoms with E-state index in [0.29, 0.717) is 23.5 Å². The molecule has 0 spiro atoms. The number of hydrogen-bond donors (Lipinski definition) is 0. The molecule has 37 heavy (non-hydrogen) atoms. The average molecular weight is 522 g/mol. The van der Waals surface area contributed by atoms with Crippen LogP contribution in [0.4, 0.5) is 5.69 Å². The largest absolute Gasteiger partial charge is 0.493 e. The lowest BCUT2D eigenvalue weighted by Crippen LogP contribution is -2.31. The number of hydrogen-bond acceptors (Lipinski definition) is 8. The Balaban J connectivity index is 1.50. The third-order valence-corrected chi connectivity index (χ3v) is 7.24. The van der Waals surface area contributed by atoms with Crippen molar-refractivity contribution in [3.63, 3.8) is 0 Å². The second-order valence-electron chi connectivity index (χ2n) is 8.39. The van der Waals surface area contributed by atoms with Crippen molar-refractivity contribution in [1.82, 2.24) is 5.01 Å². The molecule has 0 fully saturated rings. The molecule has 8 nitrogen and oxygen atoms in total. The number of rotatable bonds is 10. The molecule has 1 aliphatic heterocycles. The Morgan fingerprint density at radius 2 is 1.76 bits per heavy atom. The third kappa shape index (κ3) is 5.77. The first kappa shape index (κ1) is 26.2. The second-order valence-corrected chi connectivity index (χ2v) is 9.34. The maximum absolute atomic E-state index is 13.3. The van der Waals surface area contributed by atoms with E-state index in [1.165, 1.54) is 5.01 Å². The molecular weight excluding hydrogens is 490 g/mol. The minimum atomic E-state index is -0.552. The van der Waals surface area contributed by atoms with E-state index in [1.54, 1.807) is 37.7 Å². The van der Waals surface area contributed by atoms with Crippen LogP contribution in [0.2, 0.25) is 0 Å². The summed E-state index contributed by atoms with van der Waals surface area (Å²) in [5, 5.41) is 8.01. The Bertz CT molecular complexity index is 1250. The van der Waals surface area contributed by atoms with Gasteiger partial charge in [-0.25, -0.2) is 9.80 Å². The van der Waals surface area contributed by atoms with Crippen LogP contribution in [0, 0.1) is 0 Å². The SMILES string of the molecule is CCN(CC)c1ccc(C(=O)OCC(=O)N2N=C(c3cccs3)C[C@@H]2c2ccc(OC)c(OC)c2)cc1. The number of carbonyl (C=O) groups is 2. The molecule has 0 bridgehead atoms. The Kier molecular flexibility index (Phi) is 8.45. The standard InChI is InChI=1S/C28H31N3O5S/c1-5-30(6-2)21-12-9-19(10-13-21)28(33)36-18-27(32)31-23(17-22(29-31)26-8-7-15-37-26)20-11-14-24(34-3)25(16-20)35-4/h7-16,23H,5-6,17-18H2,1-4H3/t23-/m1/s1. The molecule has 194 valence electrons. The van der Waals surface area contributed by atoms with Crippen molar-refractivity contribution >= 4 is 34.6 Å². The molecule has 1 atom stereocenters. The van der Waals surface area contributed by atoms with E-state index in [0.717, 1.165) is 34.9 Å². The van der Waals surface area contributed by atoms with Gasteiger partial charge in [0.15, 0.2) is 18.1 Å². The normalized spacial score (nSPS) is 14.8. The lowest BCUT2D eigenvalue weighted by atomic mass is 10.0. The summed E-state index contributed by atoms with van der Waals surface area (Å²) in [5.74, 6) is 0.210. The molecule has 3 aromatic rings. The van der Waals surface area contributed by atoms with E-state index in [9.17, 15) is 9.59 Å². The van der Waals surface area contributed by atoms with Gasteiger partial charge in [0.05, 0.1) is 36.4 Å². The van der Waals surface area contributed by atoms with Crippen LogP contribution in [-0.2, 0) is 9.53 Å². The fourth-order valence-corrected chi connectivity index (χ4v) is 5.05. The summed E-state index contributed by atoms with van der Waals surface area (Å²) in [4.78, 5) is 29.1. The van der Waals surface area contributed by atoms with E-state index >= 15 is 0 Å². The number of hydrazone groups is 1. The molecule has 1 aliphatic rings. The molecule has 2 heterocycles. The van der Waals surface area contributed by atoms with Crippen LogP contribution in [0.25, 0.3) is 0 Å². The number of ether oxygens (including phenoxy) is 3. The summed E-state index contributed by atoms with van der Waals surface area (Å²) in [5.41, 5.74) is 3.08. The smallest absolute Gasteiger partial charge is 0.338 e. The molecule has 0 unspecified atom stereocenters. The molecule has 4 rings (SSSR count). The number of amides is 1. The van der Waals surface area contributed by atoms with Crippen molar-refractivity contribution in [2.24, 2.45) is 5.10 Å². The van der Waals surface area contributed by atoms with Gasteiger partial charge in [0, 0.05) is 25.2 Å². The van der Waals surface area contributed by atoms with Gasteiger partial charge in [-0.2, -0.15) is 5.10 Å². The maximum atomic E-state index is 13.3. The van der Waals surface area contributed by atoms with Crippen LogP contribution >= 0.6 is 11.3 Å². The van der Waals surface area contributed by atoms with Crippen molar-refractivity contribution in [2.45, 2.75) is 26.3 Å². The Morgan fingerprint density at radius 1 is 1.03 bits per heavy atom. The lowest BCUT2D eigenvalue weighted by molar-refractivity contribution is -0.136. The first-order valence-corrected chi connectivity index (χ1v) is 13.0. The topological polar surface area (TPSA) is 80.7 Å². The zero-order valence-corrected chi connectivity index (χ0v) is 22.3. The van der Waals surface area contributed by atoms with Gasteiger partial charge in [0.25, 0.3) is 5.91 Å². The van der Waals surface area contributed by atoms with Crippen LogP contribution in [0.15, 0.2) is 65.1 Å². The number of benzene rings is 2. The number of thiophene rings is 1. The molecule has 0 saturated carbocycles. The third-order valence-electron chi connectivity index (χ3n) is 6.32. The first-order valence-electron chi connectivity index (χ1n) is 12.2. The number of esters is 1. The number of nitrogens with zero attached hydrogens (tertiary/aromatic N) is 3. The summed E-state index contributed by atoms with van der Waals surface area (Å²) in [6.07, 6.45) is 0.530. The predicted octanol–water partition coefficient (Wildman–Crippen LogP) is 5.15. The highest BCUT2D eigenvalue weighted by molar-refractivity contribution is 7.12. The molecule has 0 saturated heterocycles. The van der Waals surface area contributed by atoms with E-state index in [2.05, 4.69) is 23.8 Å². The van der Waals surface area contributed by atoms with Gasteiger partial charge in [0.1, 0.15) is 0 Å². The van der Waals surface area contributed by atoms with E-state index in [4.69, 9.17) is 14.2 Å². The molecule has 9 heteroatoms. The number of methoxy groups -OCH3 is 2. The fourth-order valence-electron chi connectivity index (χ4n) is 4.33. The number of carbonyl (C=O) groups excluding carboxylic acids is 2. The molecular formula is C28H31N3O5S. The van der Waals surface area contributed by atoms with E-state index in [-0.39, 0.29) is 6.04 Å². The number of anilines is 1. The molecule has 2 aromatic carbocycles. The first-order chi connectivity index (χ1) is 18.0. The van der Waals surface area contributed by atoms with Gasteiger partial charge in [-0.15, -0.1) is 11.3 Å². The molecule has 0 N–H and O–H groups in total. The quantitative estimate of drug-likeness (QED) is 0.344. The van der Waals surface area contributed by atoms with Crippen LogP contribution in [-0.4, -0.2) is 56.5 Å². The monoisotopic (exact) mass is 521 g/mol. The lowest BCUT2D eigenvalue weighted by Gasteiger charge is -2.23. The van der Waals surface area contributed by atoms with Crippen LogP contribution in [0.1, 0.15) is 47.1 Å². The highest BCUT2D eigenvalue weighted by atomic mass is 32.1. The van der Waals surface area contributed by atoms with Crippen LogP contribution in [0.3, 0.4) is 0 Å². The zero-order chi connectivity index (χ0) is 26.4. The Hall–Kier alpha value is -3.85. The average Bonchev–Trinajstić information content (AvgIpc) is 3.63. The second kappa shape index (κ2) is 11.9. The van der Waals surface area contributed by atoms with Crippen molar-refractivity contribution in [3.05, 3.63) is 76.0 Å². The minimum Gasteiger partial charge on any atom is -0.493 e. The molecule has 1 aromatic heterocycles. The predicted molar refractivity (Wildman–Crippen MR) is 145 cm³/mol. The highest BCUT2D eigenvalue weighted by Gasteiger charge is 2.34. The van der Waals surface area contributed by atoms with Gasteiger partial charge in [-0.3, -0.25) is 4.79 Å². The highest BCUT2D eigenvalue weighted by Crippen LogP contribution is 2.38. The molecule has 1 amide bonds. The summed E-state index contributed by atoms with van der Waals surface area (Å²) in [6, 6.07) is 16.3. The van der Waals surface area contributed by atoms with E-state index < -0.39 is 18.5 Å². The van der Waals surface area contributed by atoms with Crippen molar-refractivity contribution in [3.8, 4) is 11.5 Å². The van der Waals surface area contributed by atoms with Crippen LogP contribution in [0.5, 0.6) is 11.5 Å². The summed E-state index contributed by atoms with van der Waals surface area (Å²) >= 11 is 1.56. The van der Waals surface area contributed by atoms with Gasteiger partial charge in [0.2, 0.25) is 0 Å². The Morgan fingerprint density at radius 3 is 2.38 bits per heavy atom. The van der Waals surface area contributed by atoms with Crippen molar-refractivity contribution in [2.75, 3.05) is 38.8 Å².